The van der Waals surface area contributed by atoms with Gasteiger partial charge in [-0.3, -0.25) is 4.72 Å². The van der Waals surface area contributed by atoms with Crippen LogP contribution in [0.4, 0.5) is 30.2 Å². The van der Waals surface area contributed by atoms with Crippen LogP contribution >= 0.6 is 0 Å². The first kappa shape index (κ1) is 23.4. The lowest BCUT2D eigenvalue weighted by Crippen LogP contribution is -2.16. The lowest BCUT2D eigenvalue weighted by Gasteiger charge is -2.19. The Labute approximate surface area is 184 Å². The number of anilines is 3. The van der Waals surface area contributed by atoms with E-state index in [-0.39, 0.29) is 22.0 Å². The third-order valence-electron chi connectivity index (χ3n) is 4.34. The molecule has 0 aromatic heterocycles. The number of hydrogen-bond acceptors (Lipinski definition) is 5. The van der Waals surface area contributed by atoms with E-state index in [1.54, 1.807) is 0 Å². The van der Waals surface area contributed by atoms with Crippen molar-refractivity contribution < 1.29 is 34.7 Å². The highest BCUT2D eigenvalue weighted by Crippen LogP contribution is 2.33. The first-order chi connectivity index (χ1) is 15.0. The molecule has 3 aromatic rings. The minimum Gasteiger partial charge on any atom is -0.497 e. The molecular formula is C20H17F3N2O5S2. The highest BCUT2D eigenvalue weighted by Gasteiger charge is 2.30. The van der Waals surface area contributed by atoms with Gasteiger partial charge in [0.15, 0.2) is 0 Å². The summed E-state index contributed by atoms with van der Waals surface area (Å²) in [5.74, 6) is 0.489. The van der Waals surface area contributed by atoms with Crippen LogP contribution in [0.25, 0.3) is 0 Å². The summed E-state index contributed by atoms with van der Waals surface area (Å²) in [4.78, 5) is -0.00334. The number of hydrogen-bond donors (Lipinski definition) is 2. The summed E-state index contributed by atoms with van der Waals surface area (Å²) in [6, 6.07) is 14.7. The zero-order chi connectivity index (χ0) is 23.5. The molecule has 170 valence electrons. The molecule has 32 heavy (non-hydrogen) atoms. The van der Waals surface area contributed by atoms with Crippen molar-refractivity contribution in [3.05, 3.63) is 78.4 Å². The highest BCUT2D eigenvalue weighted by atomic mass is 32.2. The second kappa shape index (κ2) is 9.09. The smallest absolute Gasteiger partial charge is 0.416 e. The fourth-order valence-corrected chi connectivity index (χ4v) is 4.47. The summed E-state index contributed by atoms with van der Waals surface area (Å²) in [6.45, 7) is 0. The van der Waals surface area contributed by atoms with Gasteiger partial charge in [0.2, 0.25) is 10.9 Å². The summed E-state index contributed by atoms with van der Waals surface area (Å²) in [5, 5.41) is 0. The molecule has 0 aliphatic carbocycles. The number of nitrogens with zero attached hydrogens (tertiary/aromatic N) is 1. The Morgan fingerprint density at radius 1 is 0.844 bits per heavy atom. The largest absolute Gasteiger partial charge is 0.497 e. The van der Waals surface area contributed by atoms with Crippen LogP contribution in [0.15, 0.2) is 77.7 Å². The highest BCUT2D eigenvalue weighted by molar-refractivity contribution is 7.92. The number of alkyl halides is 3. The Balaban J connectivity index is 1.83. The summed E-state index contributed by atoms with van der Waals surface area (Å²) in [6.07, 6.45) is -4.55. The maximum absolute atomic E-state index is 12.7. The summed E-state index contributed by atoms with van der Waals surface area (Å²) in [5.41, 5.74) is -0.627. The molecule has 0 heterocycles. The van der Waals surface area contributed by atoms with Gasteiger partial charge in [-0.25, -0.2) is 21.1 Å². The summed E-state index contributed by atoms with van der Waals surface area (Å²) >= 11 is 0. The zero-order valence-electron chi connectivity index (χ0n) is 16.4. The molecule has 0 bridgehead atoms. The fraction of sp³-hybridized carbons (Fsp3) is 0.100. The van der Waals surface area contributed by atoms with Crippen LogP contribution in [0.5, 0.6) is 5.75 Å². The molecule has 1 N–H and O–H groups in total. The molecule has 0 spiro atoms. The first-order valence-electron chi connectivity index (χ1n) is 8.90. The van der Waals surface area contributed by atoms with E-state index in [1.807, 2.05) is 0 Å². The minimum atomic E-state index is -4.55. The monoisotopic (exact) mass is 486 g/mol. The molecular weight excluding hydrogens is 469 g/mol. The van der Waals surface area contributed by atoms with Gasteiger partial charge in [0.25, 0.3) is 10.0 Å². The molecule has 0 amide bonds. The van der Waals surface area contributed by atoms with Crippen LogP contribution in [-0.2, 0) is 27.1 Å². The molecule has 0 atom stereocenters. The van der Waals surface area contributed by atoms with Crippen LogP contribution in [0.2, 0.25) is 0 Å². The van der Waals surface area contributed by atoms with Crippen molar-refractivity contribution in [2.75, 3.05) is 16.1 Å². The predicted octanol–water partition coefficient (Wildman–Crippen LogP) is 4.18. The van der Waals surface area contributed by atoms with Crippen molar-refractivity contribution >= 4 is 38.0 Å². The molecule has 0 saturated carbocycles. The van der Waals surface area contributed by atoms with Gasteiger partial charge in [-0.2, -0.15) is 13.2 Å². The average Bonchev–Trinajstić information content (AvgIpc) is 2.74. The van der Waals surface area contributed by atoms with Crippen molar-refractivity contribution in [2.45, 2.75) is 11.1 Å². The quantitative estimate of drug-likeness (QED) is 0.489. The second-order valence-electron chi connectivity index (χ2n) is 6.42. The summed E-state index contributed by atoms with van der Waals surface area (Å²) in [7, 11) is -5.68. The predicted molar refractivity (Wildman–Crippen MR) is 114 cm³/mol. The SMILES string of the molecule is COc1ccc(S(=O)(=O)Nc2ccc(N(c3ccc(C(F)(F)F)cc3)[SH](=O)=O)cc2)cc1. The standard InChI is InChI=1S/C20H17F3N2O5S2/c1-30-18-10-12-19(13-11-18)32(28,29)24-15-4-8-17(9-5-15)25(31(26)27)16-6-2-14(3-7-16)20(21,22)23/h2-13,24,31H,1H3. The minimum absolute atomic E-state index is 0.000625. The van der Waals surface area contributed by atoms with E-state index in [4.69, 9.17) is 4.74 Å². The maximum Gasteiger partial charge on any atom is 0.416 e. The molecule has 0 aliphatic heterocycles. The van der Waals surface area contributed by atoms with Gasteiger partial charge in [-0.15, -0.1) is 0 Å². The Bertz CT molecular complexity index is 1250. The first-order valence-corrected chi connectivity index (χ1v) is 11.5. The number of rotatable bonds is 7. The molecule has 0 radical (unpaired) electrons. The molecule has 0 aliphatic rings. The molecule has 0 saturated heterocycles. The Morgan fingerprint density at radius 2 is 1.34 bits per heavy atom. The van der Waals surface area contributed by atoms with Crippen molar-refractivity contribution in [1.29, 1.82) is 0 Å². The van der Waals surface area contributed by atoms with Gasteiger partial charge in [-0.05, 0) is 72.8 Å². The Kier molecular flexibility index (Phi) is 6.65. The Hall–Kier alpha value is -3.25. The van der Waals surface area contributed by atoms with Crippen LogP contribution in [-0.4, -0.2) is 23.9 Å². The molecule has 7 nitrogen and oxygen atoms in total. The van der Waals surface area contributed by atoms with Crippen molar-refractivity contribution in [3.8, 4) is 5.75 Å². The number of halogens is 3. The van der Waals surface area contributed by atoms with Gasteiger partial charge in [0.1, 0.15) is 5.75 Å². The van der Waals surface area contributed by atoms with E-state index in [1.165, 1.54) is 55.6 Å². The second-order valence-corrected chi connectivity index (χ2v) is 8.98. The lowest BCUT2D eigenvalue weighted by atomic mass is 10.2. The maximum atomic E-state index is 12.7. The van der Waals surface area contributed by atoms with Crippen molar-refractivity contribution in [2.24, 2.45) is 0 Å². The van der Waals surface area contributed by atoms with E-state index in [9.17, 15) is 30.0 Å². The number of sulfonamides is 1. The number of thiol groups is 1. The topological polar surface area (TPSA) is 92.8 Å². The molecule has 12 heteroatoms. The van der Waals surface area contributed by atoms with E-state index < -0.39 is 32.7 Å². The van der Waals surface area contributed by atoms with Gasteiger partial charge in [0, 0.05) is 5.69 Å². The van der Waals surface area contributed by atoms with Gasteiger partial charge >= 0.3 is 6.18 Å². The van der Waals surface area contributed by atoms with Crippen LogP contribution in [0.3, 0.4) is 0 Å². The van der Waals surface area contributed by atoms with Crippen LogP contribution < -0.4 is 13.8 Å². The van der Waals surface area contributed by atoms with Crippen molar-refractivity contribution in [3.63, 3.8) is 0 Å². The molecule has 3 rings (SSSR count). The van der Waals surface area contributed by atoms with Gasteiger partial charge < -0.3 is 4.74 Å². The number of methoxy groups -OCH3 is 1. The lowest BCUT2D eigenvalue weighted by molar-refractivity contribution is -0.137. The third kappa shape index (κ3) is 5.32. The normalized spacial score (nSPS) is 11.9. The fourth-order valence-electron chi connectivity index (χ4n) is 2.77. The van der Waals surface area contributed by atoms with E-state index >= 15 is 0 Å². The van der Waals surface area contributed by atoms with E-state index in [2.05, 4.69) is 4.72 Å². The van der Waals surface area contributed by atoms with Crippen LogP contribution in [0.1, 0.15) is 5.56 Å². The van der Waals surface area contributed by atoms with Crippen molar-refractivity contribution in [1.82, 2.24) is 0 Å². The van der Waals surface area contributed by atoms with Crippen LogP contribution in [0, 0.1) is 0 Å². The number of ether oxygens (including phenoxy) is 1. The molecule has 0 unspecified atom stereocenters. The molecule has 0 fully saturated rings. The zero-order valence-corrected chi connectivity index (χ0v) is 18.1. The van der Waals surface area contributed by atoms with Gasteiger partial charge in [0.05, 0.1) is 28.9 Å². The van der Waals surface area contributed by atoms with E-state index in [0.717, 1.165) is 28.6 Å². The van der Waals surface area contributed by atoms with Gasteiger partial charge in [-0.1, -0.05) is 0 Å². The summed E-state index contributed by atoms with van der Waals surface area (Å²) < 4.78 is 94.9. The third-order valence-corrected chi connectivity index (χ3v) is 6.52. The number of nitrogens with one attached hydrogen (secondary N) is 1. The van der Waals surface area contributed by atoms with E-state index in [0.29, 0.717) is 5.75 Å². The number of benzene rings is 3. The average molecular weight is 486 g/mol. The Morgan fingerprint density at radius 3 is 1.78 bits per heavy atom. The molecule has 3 aromatic carbocycles.